The molecule has 0 spiro atoms. The van der Waals surface area contributed by atoms with Crippen molar-refractivity contribution < 1.29 is 33.6 Å². The molecule has 4 aromatic carbocycles. The fraction of sp³-hybridized carbons (Fsp3) is 0.156. The van der Waals surface area contributed by atoms with Gasteiger partial charge in [-0.05, 0) is 28.8 Å². The van der Waals surface area contributed by atoms with E-state index in [4.69, 9.17) is 20.0 Å². The van der Waals surface area contributed by atoms with Gasteiger partial charge in [0, 0.05) is 12.1 Å². The van der Waals surface area contributed by atoms with Crippen LogP contribution in [0.15, 0.2) is 115 Å². The van der Waals surface area contributed by atoms with E-state index in [0.29, 0.717) is 21.8 Å². The molecule has 0 saturated carbocycles. The third-order valence-electron chi connectivity index (χ3n) is 6.27. The number of nitro benzene ring substituents is 1. The molecule has 0 radical (unpaired) electrons. The van der Waals surface area contributed by atoms with Gasteiger partial charge in [-0.1, -0.05) is 91.0 Å². The fourth-order valence-electron chi connectivity index (χ4n) is 4.16. The Hall–Kier alpha value is -5.39. The summed E-state index contributed by atoms with van der Waals surface area (Å²) in [6.45, 7) is -0.394. The minimum absolute atomic E-state index is 0.0914. The summed E-state index contributed by atoms with van der Waals surface area (Å²) in [7, 11) is 0. The van der Waals surface area contributed by atoms with E-state index in [1.165, 1.54) is 12.1 Å². The van der Waals surface area contributed by atoms with Gasteiger partial charge in [0.1, 0.15) is 12.4 Å². The highest BCUT2D eigenvalue weighted by Gasteiger charge is 2.52. The second kappa shape index (κ2) is 14.5. The summed E-state index contributed by atoms with van der Waals surface area (Å²) < 4.78 is 11.7. The third-order valence-corrected chi connectivity index (χ3v) is 6.27. The maximum Gasteiger partial charge on any atom is 0.368 e. The zero-order valence-electron chi connectivity index (χ0n) is 23.0. The van der Waals surface area contributed by atoms with Crippen molar-refractivity contribution in [3.8, 4) is 5.75 Å². The van der Waals surface area contributed by atoms with Crippen molar-refractivity contribution in [3.63, 3.8) is 0 Å². The highest BCUT2D eigenvalue weighted by atomic mass is 16.7. The number of amides is 2. The Morgan fingerprint density at radius 2 is 1.26 bits per heavy atom. The van der Waals surface area contributed by atoms with E-state index >= 15 is 0 Å². The van der Waals surface area contributed by atoms with Crippen molar-refractivity contribution >= 4 is 23.5 Å². The van der Waals surface area contributed by atoms with Gasteiger partial charge in [0.2, 0.25) is 5.91 Å². The summed E-state index contributed by atoms with van der Waals surface area (Å²) in [5.74, 6) is -2.97. The van der Waals surface area contributed by atoms with Crippen LogP contribution in [0.5, 0.6) is 5.75 Å². The first-order valence-electron chi connectivity index (χ1n) is 13.2. The Bertz CT molecular complexity index is 1530. The molecule has 0 aromatic heterocycles. The molecule has 4 aromatic rings. The number of primary amides is 1. The van der Waals surface area contributed by atoms with Gasteiger partial charge in [-0.25, -0.2) is 4.79 Å². The van der Waals surface area contributed by atoms with Crippen LogP contribution in [0, 0.1) is 10.1 Å². The Balaban J connectivity index is 1.77. The van der Waals surface area contributed by atoms with Gasteiger partial charge in [0.25, 0.3) is 17.3 Å². The van der Waals surface area contributed by atoms with Gasteiger partial charge in [-0.15, -0.1) is 0 Å². The normalized spacial score (nSPS) is 12.1. The van der Waals surface area contributed by atoms with Gasteiger partial charge in [-0.3, -0.25) is 24.5 Å². The van der Waals surface area contributed by atoms with Crippen LogP contribution < -0.4 is 10.5 Å². The van der Waals surface area contributed by atoms with Crippen molar-refractivity contribution in [1.82, 2.24) is 5.06 Å². The molecule has 0 fully saturated rings. The van der Waals surface area contributed by atoms with E-state index in [2.05, 4.69) is 0 Å². The lowest BCUT2D eigenvalue weighted by atomic mass is 10.1. The highest BCUT2D eigenvalue weighted by Crippen LogP contribution is 2.30. The molecular weight excluding hydrogens is 554 g/mol. The van der Waals surface area contributed by atoms with E-state index < -0.39 is 34.9 Å². The lowest BCUT2D eigenvalue weighted by Gasteiger charge is -2.39. The van der Waals surface area contributed by atoms with Crippen LogP contribution in [-0.2, 0) is 43.6 Å². The third kappa shape index (κ3) is 8.32. The topological polar surface area (TPSA) is 151 Å². The zero-order valence-corrected chi connectivity index (χ0v) is 23.0. The molecule has 43 heavy (non-hydrogen) atoms. The van der Waals surface area contributed by atoms with E-state index in [1.807, 2.05) is 6.07 Å². The number of esters is 1. The number of nitrogens with two attached hydrogens (primary N) is 1. The number of hydrogen-bond acceptors (Lipinski definition) is 8. The molecule has 0 aliphatic heterocycles. The Labute approximate surface area is 247 Å². The summed E-state index contributed by atoms with van der Waals surface area (Å²) in [4.78, 5) is 57.0. The lowest BCUT2D eigenvalue weighted by Crippen LogP contribution is -2.62. The molecule has 11 heteroatoms. The number of hydrogen-bond donors (Lipinski definition) is 1. The number of hydroxylamine groups is 2. The lowest BCUT2D eigenvalue weighted by molar-refractivity contribution is -0.384. The van der Waals surface area contributed by atoms with Crippen LogP contribution >= 0.6 is 0 Å². The van der Waals surface area contributed by atoms with E-state index in [-0.39, 0.29) is 31.1 Å². The molecule has 0 aliphatic carbocycles. The second-order valence-electron chi connectivity index (χ2n) is 9.45. The molecule has 4 rings (SSSR count). The van der Waals surface area contributed by atoms with Gasteiger partial charge in [-0.2, -0.15) is 5.06 Å². The molecule has 0 bridgehead atoms. The average Bonchev–Trinajstić information content (AvgIpc) is 3.01. The summed E-state index contributed by atoms with van der Waals surface area (Å²) in [5.41, 5.74) is 4.83. The molecule has 0 heterocycles. The average molecular weight is 584 g/mol. The number of rotatable bonds is 14. The summed E-state index contributed by atoms with van der Waals surface area (Å²) in [6.07, 6.45) is -1.03. The van der Waals surface area contributed by atoms with Crippen LogP contribution in [0.2, 0.25) is 0 Å². The quantitative estimate of drug-likeness (QED) is 0.0750. The van der Waals surface area contributed by atoms with E-state index in [9.17, 15) is 24.5 Å². The van der Waals surface area contributed by atoms with Crippen molar-refractivity contribution in [1.29, 1.82) is 0 Å². The molecule has 1 atom stereocenters. The zero-order chi connectivity index (χ0) is 30.7. The summed E-state index contributed by atoms with van der Waals surface area (Å²) in [6, 6.07) is 31.1. The predicted octanol–water partition coefficient (Wildman–Crippen LogP) is 4.49. The molecule has 0 aliphatic rings. The van der Waals surface area contributed by atoms with Gasteiger partial charge in [0.05, 0.1) is 24.4 Å². The Morgan fingerprint density at radius 3 is 1.77 bits per heavy atom. The molecule has 0 saturated heterocycles. The van der Waals surface area contributed by atoms with Gasteiger partial charge >= 0.3 is 5.97 Å². The van der Waals surface area contributed by atoms with Crippen LogP contribution in [0.1, 0.15) is 23.1 Å². The fourth-order valence-corrected chi connectivity index (χ4v) is 4.16. The smallest absolute Gasteiger partial charge is 0.368 e. The van der Waals surface area contributed by atoms with Crippen LogP contribution in [0.3, 0.4) is 0 Å². The first kappa shape index (κ1) is 30.6. The monoisotopic (exact) mass is 583 g/mol. The number of carbonyl (C=O) groups is 3. The number of ether oxygens (including phenoxy) is 2. The first-order valence-corrected chi connectivity index (χ1v) is 13.2. The largest absolute Gasteiger partial charge is 0.423 e. The van der Waals surface area contributed by atoms with Crippen LogP contribution in [0.25, 0.3) is 0 Å². The van der Waals surface area contributed by atoms with Crippen LogP contribution in [-0.4, -0.2) is 33.5 Å². The SMILES string of the molecule is NC(=O)C[C@@](OCc1ccccc1)(C(=O)Oc1ccc([N+](=O)[O-])cc1)N(OCc1ccccc1)C(=O)Cc1ccccc1. The maximum atomic E-state index is 14.1. The van der Waals surface area contributed by atoms with Gasteiger partial charge in [0.15, 0.2) is 0 Å². The number of nitrogens with zero attached hydrogens (tertiary/aromatic N) is 2. The minimum atomic E-state index is -2.48. The number of benzene rings is 4. The van der Waals surface area contributed by atoms with Crippen molar-refractivity contribution in [2.24, 2.45) is 5.73 Å². The van der Waals surface area contributed by atoms with Crippen LogP contribution in [0.4, 0.5) is 5.69 Å². The van der Waals surface area contributed by atoms with E-state index in [1.54, 1.807) is 84.9 Å². The molecule has 11 nitrogen and oxygen atoms in total. The maximum absolute atomic E-state index is 14.1. The minimum Gasteiger partial charge on any atom is -0.423 e. The standard InChI is InChI=1S/C32H29N3O8/c33-29(36)21-32(41-22-25-12-6-2-7-13-25,31(38)43-28-18-16-27(17-19-28)35(39)40)34(42-23-26-14-8-3-9-15-26)30(37)20-24-10-4-1-5-11-24/h1-19H,20-23H2,(H2,33,36)/t32-/m1/s1. The number of nitro groups is 1. The van der Waals surface area contributed by atoms with Gasteiger partial charge < -0.3 is 15.2 Å². The van der Waals surface area contributed by atoms with E-state index in [0.717, 1.165) is 12.1 Å². The van der Waals surface area contributed by atoms with Crippen molar-refractivity contribution in [3.05, 3.63) is 142 Å². The highest BCUT2D eigenvalue weighted by molar-refractivity contribution is 5.92. The molecule has 0 unspecified atom stereocenters. The van der Waals surface area contributed by atoms with Crippen molar-refractivity contribution in [2.45, 2.75) is 31.8 Å². The Morgan fingerprint density at radius 1 is 0.744 bits per heavy atom. The summed E-state index contributed by atoms with van der Waals surface area (Å²) in [5, 5.41) is 11.8. The molecule has 2 N–H and O–H groups in total. The molecule has 2 amide bonds. The Kier molecular flexibility index (Phi) is 10.3. The predicted molar refractivity (Wildman–Crippen MR) is 155 cm³/mol. The summed E-state index contributed by atoms with van der Waals surface area (Å²) >= 11 is 0. The molecular formula is C32H29N3O8. The number of non-ortho nitro benzene ring substituents is 1. The first-order chi connectivity index (χ1) is 20.8. The number of carbonyl (C=O) groups excluding carboxylic acids is 3. The van der Waals surface area contributed by atoms with Crippen molar-refractivity contribution in [2.75, 3.05) is 0 Å². The molecule has 220 valence electrons. The second-order valence-corrected chi connectivity index (χ2v) is 9.45.